The molecule has 1 atom stereocenters. The third-order valence-electron chi connectivity index (χ3n) is 1.57. The van der Waals surface area contributed by atoms with Crippen LogP contribution in [-0.2, 0) is 9.09 Å². The molecule has 0 spiro atoms. The average molecular weight is 199 g/mol. The van der Waals surface area contributed by atoms with E-state index in [0.29, 0.717) is 5.30 Å². The van der Waals surface area contributed by atoms with Crippen LogP contribution in [0, 0.1) is 6.92 Å². The lowest BCUT2D eigenvalue weighted by atomic mass is 10.2. The second-order valence-corrected chi connectivity index (χ2v) is 4.42. The first kappa shape index (κ1) is 10.5. The summed E-state index contributed by atoms with van der Waals surface area (Å²) < 4.78 is 16.2. The highest BCUT2D eigenvalue weighted by Gasteiger charge is 2.20. The van der Waals surface area contributed by atoms with Gasteiger partial charge in [-0.2, -0.15) is 0 Å². The van der Waals surface area contributed by atoms with Crippen molar-refractivity contribution in [2.24, 2.45) is 0 Å². The molecule has 0 fully saturated rings. The van der Waals surface area contributed by atoms with Crippen LogP contribution in [-0.4, -0.2) is 11.5 Å². The van der Waals surface area contributed by atoms with Crippen molar-refractivity contribution in [3.8, 4) is 0 Å². The largest absolute Gasteiger partial charge is 0.358 e. The van der Waals surface area contributed by atoms with Crippen molar-refractivity contribution in [1.82, 2.24) is 0 Å². The minimum atomic E-state index is -3.59. The average Bonchev–Trinajstić information content (AvgIpc) is 2.05. The van der Waals surface area contributed by atoms with E-state index in [4.69, 9.17) is 4.52 Å². The Hall–Kier alpha value is -0.630. The van der Waals surface area contributed by atoms with E-state index in [1.807, 2.05) is 0 Å². The number of hydrogen-bond donors (Lipinski definition) is 1. The molecule has 0 amide bonds. The van der Waals surface area contributed by atoms with Gasteiger partial charge in [0.2, 0.25) is 0 Å². The van der Waals surface area contributed by atoms with Crippen LogP contribution in [0.25, 0.3) is 0 Å². The van der Waals surface area contributed by atoms with Gasteiger partial charge in [-0.1, -0.05) is 12.1 Å². The third kappa shape index (κ3) is 2.66. The summed E-state index contributed by atoms with van der Waals surface area (Å²) in [6, 6.07) is 6.46. The lowest BCUT2D eigenvalue weighted by Gasteiger charge is -2.10. The molecule has 1 radical (unpaired) electrons. The number of rotatable bonds is 3. The topological polar surface area (TPSA) is 46.5 Å². The fourth-order valence-corrected chi connectivity index (χ4v) is 1.96. The molecule has 1 aromatic rings. The molecule has 3 nitrogen and oxygen atoms in total. The molecule has 1 N–H and O–H groups in total. The molecule has 0 aliphatic heterocycles. The molecular weight excluding hydrogens is 187 g/mol. The second kappa shape index (κ2) is 4.05. The number of hydrogen-bond acceptors (Lipinski definition) is 2. The van der Waals surface area contributed by atoms with Crippen LogP contribution in [0.1, 0.15) is 12.5 Å². The zero-order valence-corrected chi connectivity index (χ0v) is 8.33. The molecular formula is C9H12O3P. The third-order valence-corrected chi connectivity index (χ3v) is 3.13. The van der Waals surface area contributed by atoms with Crippen LogP contribution in [0.5, 0.6) is 0 Å². The van der Waals surface area contributed by atoms with Gasteiger partial charge < -0.3 is 9.42 Å². The lowest BCUT2D eigenvalue weighted by Crippen LogP contribution is -2.06. The fraction of sp³-hybridized carbons (Fsp3) is 0.222. The van der Waals surface area contributed by atoms with Crippen molar-refractivity contribution >= 4 is 12.9 Å². The summed E-state index contributed by atoms with van der Waals surface area (Å²) in [5, 5.41) is 0.307. The van der Waals surface area contributed by atoms with E-state index in [2.05, 4.69) is 6.92 Å². The molecule has 0 aliphatic rings. The van der Waals surface area contributed by atoms with E-state index in [0.717, 1.165) is 5.56 Å². The molecule has 1 aromatic carbocycles. The molecule has 0 saturated heterocycles. The molecule has 1 unspecified atom stereocenters. The molecule has 0 aromatic heterocycles. The summed E-state index contributed by atoms with van der Waals surface area (Å²) in [5.74, 6) is 0. The highest BCUT2D eigenvalue weighted by molar-refractivity contribution is 7.61. The van der Waals surface area contributed by atoms with Gasteiger partial charge in [0.15, 0.2) is 0 Å². The van der Waals surface area contributed by atoms with Crippen LogP contribution in [0.3, 0.4) is 0 Å². The normalized spacial score (nSPS) is 15.3. The van der Waals surface area contributed by atoms with Crippen molar-refractivity contribution in [1.29, 1.82) is 0 Å². The maximum Gasteiger partial charge on any atom is 0.358 e. The summed E-state index contributed by atoms with van der Waals surface area (Å²) in [5.41, 5.74) is 0.806. The summed E-state index contributed by atoms with van der Waals surface area (Å²) in [4.78, 5) is 9.39. The first-order valence-electron chi connectivity index (χ1n) is 3.96. The maximum atomic E-state index is 11.4. The smallest absolute Gasteiger partial charge is 0.321 e. The zero-order chi connectivity index (χ0) is 9.90. The van der Waals surface area contributed by atoms with Crippen LogP contribution >= 0.6 is 7.60 Å². The Morgan fingerprint density at radius 1 is 1.46 bits per heavy atom. The van der Waals surface area contributed by atoms with Gasteiger partial charge in [0.05, 0.1) is 11.9 Å². The van der Waals surface area contributed by atoms with Crippen molar-refractivity contribution in [3.63, 3.8) is 0 Å². The second-order valence-electron chi connectivity index (χ2n) is 2.60. The van der Waals surface area contributed by atoms with E-state index < -0.39 is 7.60 Å². The van der Waals surface area contributed by atoms with E-state index in [-0.39, 0.29) is 6.61 Å². The van der Waals surface area contributed by atoms with Gasteiger partial charge >= 0.3 is 7.60 Å². The van der Waals surface area contributed by atoms with E-state index >= 15 is 0 Å². The van der Waals surface area contributed by atoms with Gasteiger partial charge in [-0.25, -0.2) is 0 Å². The van der Waals surface area contributed by atoms with Gasteiger partial charge in [-0.3, -0.25) is 4.57 Å². The minimum absolute atomic E-state index is 0.222. The van der Waals surface area contributed by atoms with Crippen molar-refractivity contribution in [2.75, 3.05) is 6.61 Å². The Morgan fingerprint density at radius 3 is 2.46 bits per heavy atom. The van der Waals surface area contributed by atoms with Gasteiger partial charge in [-0.05, 0) is 31.5 Å². The van der Waals surface area contributed by atoms with Gasteiger partial charge in [0.25, 0.3) is 0 Å². The standard InChI is InChI=1S/C9H12O3P/c1-3-12-13(10,11)9-6-4-8(2)5-7-9/h4-7H,2-3H2,1H3,(H,10,11). The fourth-order valence-electron chi connectivity index (χ4n) is 0.934. The molecule has 4 heteroatoms. The first-order chi connectivity index (χ1) is 6.06. The predicted octanol–water partition coefficient (Wildman–Crippen LogP) is 1.72. The molecule has 0 bridgehead atoms. The maximum absolute atomic E-state index is 11.4. The van der Waals surface area contributed by atoms with E-state index in [1.54, 1.807) is 31.2 Å². The molecule has 1 rings (SSSR count). The van der Waals surface area contributed by atoms with Gasteiger partial charge in [0, 0.05) is 0 Å². The van der Waals surface area contributed by atoms with E-state index in [1.165, 1.54) is 0 Å². The highest BCUT2D eigenvalue weighted by Crippen LogP contribution is 2.40. The summed E-state index contributed by atoms with van der Waals surface area (Å²) in [7, 11) is -3.59. The Balaban J connectivity index is 2.94. The van der Waals surface area contributed by atoms with Crippen molar-refractivity contribution in [2.45, 2.75) is 6.92 Å². The lowest BCUT2D eigenvalue weighted by molar-refractivity contribution is 0.284. The monoisotopic (exact) mass is 199 g/mol. The van der Waals surface area contributed by atoms with Crippen molar-refractivity contribution in [3.05, 3.63) is 36.8 Å². The van der Waals surface area contributed by atoms with Gasteiger partial charge in [-0.15, -0.1) is 0 Å². The minimum Gasteiger partial charge on any atom is -0.321 e. The van der Waals surface area contributed by atoms with E-state index in [9.17, 15) is 9.46 Å². The molecule has 13 heavy (non-hydrogen) atoms. The Morgan fingerprint density at radius 2 is 2.00 bits per heavy atom. The number of benzene rings is 1. The molecule has 0 aliphatic carbocycles. The molecule has 0 heterocycles. The molecule has 0 saturated carbocycles. The zero-order valence-electron chi connectivity index (χ0n) is 7.43. The Bertz CT molecular complexity index is 318. The Kier molecular flexibility index (Phi) is 3.26. The van der Waals surface area contributed by atoms with Gasteiger partial charge in [0.1, 0.15) is 0 Å². The predicted molar refractivity (Wildman–Crippen MR) is 52.0 cm³/mol. The Labute approximate surface area is 77.9 Å². The van der Waals surface area contributed by atoms with Crippen LogP contribution in [0.15, 0.2) is 24.3 Å². The highest BCUT2D eigenvalue weighted by atomic mass is 31.2. The SMILES string of the molecule is [CH2]c1ccc(P(=O)(O)OCC)cc1. The van der Waals surface area contributed by atoms with Crippen LogP contribution in [0.4, 0.5) is 0 Å². The quantitative estimate of drug-likeness (QED) is 0.754. The molecule has 71 valence electrons. The van der Waals surface area contributed by atoms with Crippen LogP contribution < -0.4 is 5.30 Å². The summed E-state index contributed by atoms with van der Waals surface area (Å²) in [6.45, 7) is 5.58. The van der Waals surface area contributed by atoms with Crippen molar-refractivity contribution < 1.29 is 14.0 Å². The first-order valence-corrected chi connectivity index (χ1v) is 5.54. The summed E-state index contributed by atoms with van der Waals surface area (Å²) >= 11 is 0. The van der Waals surface area contributed by atoms with Crippen LogP contribution in [0.2, 0.25) is 0 Å². The summed E-state index contributed by atoms with van der Waals surface area (Å²) in [6.07, 6.45) is 0.